The van der Waals surface area contributed by atoms with Gasteiger partial charge in [-0.25, -0.2) is 0 Å². The number of nitrogens with one attached hydrogen (secondary N) is 2. The summed E-state index contributed by atoms with van der Waals surface area (Å²) in [5.41, 5.74) is 1.10. The molecule has 22 heavy (non-hydrogen) atoms. The van der Waals surface area contributed by atoms with E-state index in [1.807, 2.05) is 12.1 Å². The van der Waals surface area contributed by atoms with Gasteiger partial charge in [0.2, 0.25) is 0 Å². The number of aromatic amines is 1. The van der Waals surface area contributed by atoms with E-state index >= 15 is 0 Å². The quantitative estimate of drug-likeness (QED) is 0.882. The van der Waals surface area contributed by atoms with Gasteiger partial charge < -0.3 is 10.1 Å². The number of halogens is 1. The second kappa shape index (κ2) is 6.83. The van der Waals surface area contributed by atoms with Gasteiger partial charge in [-0.15, -0.1) is 0 Å². The minimum Gasteiger partial charge on any atom is -0.482 e. The largest absolute Gasteiger partial charge is 0.482 e. The third kappa shape index (κ3) is 3.60. The second-order valence-electron chi connectivity index (χ2n) is 5.46. The number of anilines is 1. The molecule has 1 amide bonds. The van der Waals surface area contributed by atoms with Crippen molar-refractivity contribution in [3.63, 3.8) is 0 Å². The Kier molecular flexibility index (Phi) is 4.63. The Morgan fingerprint density at radius 1 is 1.36 bits per heavy atom. The number of aromatic nitrogens is 2. The van der Waals surface area contributed by atoms with Crippen molar-refractivity contribution in [1.82, 2.24) is 10.2 Å². The first-order valence-electron chi connectivity index (χ1n) is 7.45. The summed E-state index contributed by atoms with van der Waals surface area (Å²) in [5.74, 6) is 1.31. The summed E-state index contributed by atoms with van der Waals surface area (Å²) in [4.78, 5) is 11.9. The van der Waals surface area contributed by atoms with E-state index in [0.717, 1.165) is 5.69 Å². The minimum absolute atomic E-state index is 0.102. The molecule has 116 valence electrons. The highest BCUT2D eigenvalue weighted by molar-refractivity contribution is 6.32. The summed E-state index contributed by atoms with van der Waals surface area (Å²) in [6.07, 6.45) is 4.89. The Balaban J connectivity index is 1.52. The number of H-pyrrole nitrogens is 1. The number of ether oxygens (including phenoxy) is 1. The van der Waals surface area contributed by atoms with Crippen LogP contribution in [0.1, 0.15) is 37.3 Å². The maximum absolute atomic E-state index is 11.9. The average molecular weight is 320 g/mol. The van der Waals surface area contributed by atoms with E-state index in [0.29, 0.717) is 22.5 Å². The van der Waals surface area contributed by atoms with E-state index in [1.54, 1.807) is 18.2 Å². The fraction of sp³-hybridized carbons (Fsp3) is 0.375. The first-order chi connectivity index (χ1) is 10.7. The van der Waals surface area contributed by atoms with Crippen molar-refractivity contribution < 1.29 is 9.53 Å². The Morgan fingerprint density at radius 2 is 2.14 bits per heavy atom. The number of amides is 1. The van der Waals surface area contributed by atoms with Crippen LogP contribution < -0.4 is 10.1 Å². The highest BCUT2D eigenvalue weighted by Gasteiger charge is 2.19. The van der Waals surface area contributed by atoms with E-state index in [4.69, 9.17) is 16.3 Å². The van der Waals surface area contributed by atoms with Gasteiger partial charge in [-0.1, -0.05) is 36.6 Å². The van der Waals surface area contributed by atoms with Crippen molar-refractivity contribution in [2.24, 2.45) is 0 Å². The number of carbonyl (C=O) groups is 1. The van der Waals surface area contributed by atoms with Gasteiger partial charge in [0.05, 0.1) is 5.02 Å². The number of para-hydroxylation sites is 1. The molecule has 1 fully saturated rings. The molecule has 1 aliphatic carbocycles. The van der Waals surface area contributed by atoms with Crippen molar-refractivity contribution in [3.05, 3.63) is 41.0 Å². The summed E-state index contributed by atoms with van der Waals surface area (Å²) >= 11 is 5.97. The zero-order valence-electron chi connectivity index (χ0n) is 12.1. The predicted molar refractivity (Wildman–Crippen MR) is 85.4 cm³/mol. The molecule has 0 aliphatic heterocycles. The fourth-order valence-electron chi connectivity index (χ4n) is 2.73. The molecule has 2 N–H and O–H groups in total. The van der Waals surface area contributed by atoms with Crippen molar-refractivity contribution in [2.45, 2.75) is 31.6 Å². The Bertz CT molecular complexity index is 650. The molecule has 0 unspecified atom stereocenters. The topological polar surface area (TPSA) is 67.0 Å². The number of nitrogens with zero attached hydrogens (tertiary/aromatic N) is 1. The van der Waals surface area contributed by atoms with Crippen LogP contribution in [0, 0.1) is 0 Å². The first kappa shape index (κ1) is 14.9. The zero-order chi connectivity index (χ0) is 15.4. The Hall–Kier alpha value is -2.01. The van der Waals surface area contributed by atoms with Crippen molar-refractivity contribution in [3.8, 4) is 5.75 Å². The van der Waals surface area contributed by atoms with E-state index in [9.17, 15) is 4.79 Å². The molecule has 0 atom stereocenters. The molecule has 1 saturated carbocycles. The van der Waals surface area contributed by atoms with Crippen LogP contribution in [0.25, 0.3) is 0 Å². The lowest BCUT2D eigenvalue weighted by molar-refractivity contribution is -0.118. The lowest BCUT2D eigenvalue weighted by Gasteiger charge is -2.07. The molecule has 1 heterocycles. The molecule has 0 bridgehead atoms. The first-order valence-corrected chi connectivity index (χ1v) is 7.82. The normalized spacial score (nSPS) is 15.0. The smallest absolute Gasteiger partial charge is 0.263 e. The number of carbonyl (C=O) groups excluding carboxylic acids is 1. The summed E-state index contributed by atoms with van der Waals surface area (Å²) in [5, 5.41) is 10.4. The van der Waals surface area contributed by atoms with Gasteiger partial charge in [0.25, 0.3) is 5.91 Å². The Morgan fingerprint density at radius 3 is 2.91 bits per heavy atom. The van der Waals surface area contributed by atoms with Gasteiger partial charge in [-0.3, -0.25) is 9.89 Å². The standard InChI is InChI=1S/C16H18ClN3O2/c17-12-7-3-4-8-14(12)22-10-16(21)18-15-9-13(19-20-15)11-5-1-2-6-11/h3-4,7-9,11H,1-2,5-6,10H2,(H2,18,19,20,21). The van der Waals surface area contributed by atoms with E-state index in [1.165, 1.54) is 25.7 Å². The lowest BCUT2D eigenvalue weighted by atomic mass is 10.0. The average Bonchev–Trinajstić information content (AvgIpc) is 3.17. The predicted octanol–water partition coefficient (Wildman–Crippen LogP) is 3.74. The number of hydrogen-bond acceptors (Lipinski definition) is 3. The second-order valence-corrected chi connectivity index (χ2v) is 5.86. The van der Waals surface area contributed by atoms with Gasteiger partial charge in [0, 0.05) is 17.7 Å². The van der Waals surface area contributed by atoms with Crippen LogP contribution in [-0.2, 0) is 4.79 Å². The maximum atomic E-state index is 11.9. The summed E-state index contributed by atoms with van der Waals surface area (Å²) in [6, 6.07) is 8.96. The van der Waals surface area contributed by atoms with Crippen LogP contribution >= 0.6 is 11.6 Å². The van der Waals surface area contributed by atoms with E-state index in [2.05, 4.69) is 15.5 Å². The van der Waals surface area contributed by atoms with Crippen molar-refractivity contribution in [2.75, 3.05) is 11.9 Å². The third-order valence-electron chi connectivity index (χ3n) is 3.86. The third-order valence-corrected chi connectivity index (χ3v) is 4.17. The lowest BCUT2D eigenvalue weighted by Crippen LogP contribution is -2.20. The molecule has 0 saturated heterocycles. The molecule has 3 rings (SSSR count). The van der Waals surface area contributed by atoms with Crippen LogP contribution in [0.3, 0.4) is 0 Å². The van der Waals surface area contributed by atoms with Crippen molar-refractivity contribution in [1.29, 1.82) is 0 Å². The minimum atomic E-state index is -0.260. The molecule has 1 aliphatic rings. The van der Waals surface area contributed by atoms with Gasteiger partial charge in [0.15, 0.2) is 12.4 Å². The molecule has 2 aromatic rings. The van der Waals surface area contributed by atoms with Crippen molar-refractivity contribution >= 4 is 23.3 Å². The van der Waals surface area contributed by atoms with E-state index < -0.39 is 0 Å². The molecule has 0 radical (unpaired) electrons. The van der Waals surface area contributed by atoms with Gasteiger partial charge in [0.1, 0.15) is 5.75 Å². The molecule has 6 heteroatoms. The highest BCUT2D eigenvalue weighted by atomic mass is 35.5. The van der Waals surface area contributed by atoms with Crippen LogP contribution in [0.4, 0.5) is 5.82 Å². The van der Waals surface area contributed by atoms with Crippen LogP contribution in [-0.4, -0.2) is 22.7 Å². The summed E-state index contributed by atoms with van der Waals surface area (Å²) in [6.45, 7) is -0.102. The molecule has 0 spiro atoms. The fourth-order valence-corrected chi connectivity index (χ4v) is 2.92. The van der Waals surface area contributed by atoms with Gasteiger partial charge in [-0.2, -0.15) is 5.10 Å². The maximum Gasteiger partial charge on any atom is 0.263 e. The molecular formula is C16H18ClN3O2. The summed E-state index contributed by atoms with van der Waals surface area (Å²) in [7, 11) is 0. The number of rotatable bonds is 5. The molecule has 5 nitrogen and oxygen atoms in total. The monoisotopic (exact) mass is 319 g/mol. The van der Waals surface area contributed by atoms with Crippen LogP contribution in [0.5, 0.6) is 5.75 Å². The molecule has 1 aromatic heterocycles. The van der Waals surface area contributed by atoms with Gasteiger partial charge >= 0.3 is 0 Å². The van der Waals surface area contributed by atoms with E-state index in [-0.39, 0.29) is 12.5 Å². The Labute approximate surface area is 134 Å². The SMILES string of the molecule is O=C(COc1ccccc1Cl)Nc1cc(C2CCCC2)[nH]n1. The zero-order valence-corrected chi connectivity index (χ0v) is 12.9. The van der Waals surface area contributed by atoms with Crippen LogP contribution in [0.15, 0.2) is 30.3 Å². The highest BCUT2D eigenvalue weighted by Crippen LogP contribution is 2.33. The number of benzene rings is 1. The summed E-state index contributed by atoms with van der Waals surface area (Å²) < 4.78 is 5.40. The van der Waals surface area contributed by atoms with Crippen LogP contribution in [0.2, 0.25) is 5.02 Å². The number of hydrogen-bond donors (Lipinski definition) is 2. The van der Waals surface area contributed by atoms with Gasteiger partial charge in [-0.05, 0) is 25.0 Å². The molecular weight excluding hydrogens is 302 g/mol. The molecule has 1 aromatic carbocycles.